The number of nitrogens with one attached hydrogen (secondary N) is 1. The van der Waals surface area contributed by atoms with Crippen LogP contribution in [0.1, 0.15) is 5.56 Å². The van der Waals surface area contributed by atoms with Gasteiger partial charge in [-0.25, -0.2) is 9.38 Å². The molecule has 0 aliphatic carbocycles. The van der Waals surface area contributed by atoms with E-state index < -0.39 is 5.82 Å². The summed E-state index contributed by atoms with van der Waals surface area (Å²) in [5.74, 6) is 0.813. The summed E-state index contributed by atoms with van der Waals surface area (Å²) in [6, 6.07) is 13.2. The largest absolute Gasteiger partial charge is 0.495 e. The molecule has 1 heterocycles. The lowest BCUT2D eigenvalue weighted by Gasteiger charge is -2.09. The summed E-state index contributed by atoms with van der Waals surface area (Å²) in [5, 5.41) is 3.38. The lowest BCUT2D eigenvalue weighted by Crippen LogP contribution is -2.22. The molecular formula is C20H19ClFIN4O2. The Hall–Kier alpha value is -2.59. The van der Waals surface area contributed by atoms with Crippen molar-refractivity contribution in [2.45, 2.75) is 6.54 Å². The predicted molar refractivity (Wildman–Crippen MR) is 123 cm³/mol. The number of pyridine rings is 1. The Bertz CT molecular complexity index is 989. The molecule has 1 aromatic heterocycles. The molecule has 0 amide bonds. The Morgan fingerprint density at radius 3 is 2.66 bits per heavy atom. The average molecular weight is 529 g/mol. The molecule has 0 unspecified atom stereocenters. The predicted octanol–water partition coefficient (Wildman–Crippen LogP) is 5.22. The van der Waals surface area contributed by atoms with E-state index in [1.807, 2.05) is 0 Å². The molecule has 152 valence electrons. The van der Waals surface area contributed by atoms with E-state index in [0.717, 1.165) is 0 Å². The van der Waals surface area contributed by atoms with Gasteiger partial charge in [0.25, 0.3) is 0 Å². The van der Waals surface area contributed by atoms with Gasteiger partial charge < -0.3 is 20.5 Å². The number of anilines is 1. The molecule has 0 radical (unpaired) electrons. The first-order chi connectivity index (χ1) is 13.5. The van der Waals surface area contributed by atoms with E-state index in [9.17, 15) is 4.39 Å². The summed E-state index contributed by atoms with van der Waals surface area (Å²) in [7, 11) is 1.54. The Morgan fingerprint density at radius 1 is 1.21 bits per heavy atom. The van der Waals surface area contributed by atoms with Gasteiger partial charge in [-0.15, -0.1) is 24.0 Å². The second-order valence-corrected chi connectivity index (χ2v) is 6.14. The van der Waals surface area contributed by atoms with E-state index in [1.54, 1.807) is 48.7 Å². The monoisotopic (exact) mass is 528 g/mol. The van der Waals surface area contributed by atoms with Crippen LogP contribution in [-0.2, 0) is 6.54 Å². The number of nitrogens with zero attached hydrogens (tertiary/aromatic N) is 2. The first-order valence-corrected chi connectivity index (χ1v) is 8.70. The SMILES string of the molecule is COc1ccc(NC(N)=NCc2ccc(Oc3cccnc3)c(F)c2)cc1Cl.I. The van der Waals surface area contributed by atoms with E-state index >= 15 is 0 Å². The molecule has 0 saturated heterocycles. The number of aromatic nitrogens is 1. The van der Waals surface area contributed by atoms with Gasteiger partial charge in [-0.3, -0.25) is 4.98 Å². The van der Waals surface area contributed by atoms with Crippen LogP contribution in [0.15, 0.2) is 65.9 Å². The molecule has 2 aromatic carbocycles. The third kappa shape index (κ3) is 6.47. The highest BCUT2D eigenvalue weighted by atomic mass is 127. The van der Waals surface area contributed by atoms with Crippen molar-refractivity contribution in [1.29, 1.82) is 0 Å². The van der Waals surface area contributed by atoms with Gasteiger partial charge in [0.2, 0.25) is 0 Å². The number of benzene rings is 2. The van der Waals surface area contributed by atoms with Crippen LogP contribution in [0, 0.1) is 5.82 Å². The number of aliphatic imine (C=N–C) groups is 1. The number of nitrogens with two attached hydrogens (primary N) is 1. The fourth-order valence-electron chi connectivity index (χ4n) is 2.37. The maximum atomic E-state index is 14.3. The molecule has 0 atom stereocenters. The van der Waals surface area contributed by atoms with Crippen LogP contribution in [0.2, 0.25) is 5.02 Å². The molecule has 0 saturated carbocycles. The van der Waals surface area contributed by atoms with Gasteiger partial charge in [-0.05, 0) is 48.0 Å². The van der Waals surface area contributed by atoms with Gasteiger partial charge in [0, 0.05) is 11.9 Å². The van der Waals surface area contributed by atoms with Crippen LogP contribution in [0.3, 0.4) is 0 Å². The molecule has 0 aliphatic heterocycles. The van der Waals surface area contributed by atoms with E-state index in [4.69, 9.17) is 26.8 Å². The summed E-state index contributed by atoms with van der Waals surface area (Å²) < 4.78 is 24.8. The lowest BCUT2D eigenvalue weighted by atomic mass is 10.2. The van der Waals surface area contributed by atoms with Gasteiger partial charge >= 0.3 is 0 Å². The standard InChI is InChI=1S/C20H18ClFN4O2.HI/c1-27-18-7-5-14(10-16(18)21)26-20(23)25-11-13-4-6-19(17(22)9-13)28-15-3-2-8-24-12-15;/h2-10,12H,11H2,1H3,(H3,23,25,26);1H. The zero-order valence-corrected chi connectivity index (χ0v) is 18.5. The fraction of sp³-hybridized carbons (Fsp3) is 0.100. The fourth-order valence-corrected chi connectivity index (χ4v) is 2.63. The minimum atomic E-state index is -0.495. The van der Waals surface area contributed by atoms with Crippen molar-refractivity contribution >= 4 is 47.2 Å². The second kappa shape index (κ2) is 10.8. The highest BCUT2D eigenvalue weighted by Gasteiger charge is 2.07. The van der Waals surface area contributed by atoms with Crippen molar-refractivity contribution in [3.8, 4) is 17.2 Å². The minimum absolute atomic E-state index is 0. The molecule has 3 N–H and O–H groups in total. The van der Waals surface area contributed by atoms with E-state index in [-0.39, 0.29) is 42.2 Å². The molecular weight excluding hydrogens is 510 g/mol. The average Bonchev–Trinajstić information content (AvgIpc) is 2.69. The Kier molecular flexibility index (Phi) is 8.47. The molecule has 29 heavy (non-hydrogen) atoms. The van der Waals surface area contributed by atoms with Crippen LogP contribution >= 0.6 is 35.6 Å². The first kappa shape index (κ1) is 22.7. The first-order valence-electron chi connectivity index (χ1n) is 8.32. The second-order valence-electron chi connectivity index (χ2n) is 5.73. The van der Waals surface area contributed by atoms with Crippen molar-refractivity contribution in [1.82, 2.24) is 4.98 Å². The van der Waals surface area contributed by atoms with Crippen LogP contribution in [0.5, 0.6) is 17.2 Å². The van der Waals surface area contributed by atoms with Gasteiger partial charge in [-0.2, -0.15) is 0 Å². The minimum Gasteiger partial charge on any atom is -0.495 e. The molecule has 0 aliphatic rings. The Labute approximate surface area is 189 Å². The van der Waals surface area contributed by atoms with Crippen LogP contribution in [0.4, 0.5) is 10.1 Å². The molecule has 0 fully saturated rings. The number of methoxy groups -OCH3 is 1. The number of rotatable bonds is 6. The molecule has 3 rings (SSSR count). The van der Waals surface area contributed by atoms with Gasteiger partial charge in [0.15, 0.2) is 17.5 Å². The Morgan fingerprint density at radius 2 is 2.00 bits per heavy atom. The van der Waals surface area contributed by atoms with E-state index in [1.165, 1.54) is 19.4 Å². The molecule has 3 aromatic rings. The molecule has 0 spiro atoms. The van der Waals surface area contributed by atoms with Gasteiger partial charge in [0.05, 0.1) is 24.9 Å². The summed E-state index contributed by atoms with van der Waals surface area (Å²) in [6.07, 6.45) is 3.12. The van der Waals surface area contributed by atoms with E-state index in [0.29, 0.717) is 27.8 Å². The van der Waals surface area contributed by atoms with Gasteiger partial charge in [0.1, 0.15) is 11.5 Å². The van der Waals surface area contributed by atoms with Gasteiger partial charge in [-0.1, -0.05) is 17.7 Å². The number of hydrogen-bond donors (Lipinski definition) is 2. The third-order valence-electron chi connectivity index (χ3n) is 3.71. The van der Waals surface area contributed by atoms with Crippen molar-refractivity contribution in [3.63, 3.8) is 0 Å². The van der Waals surface area contributed by atoms with Crippen molar-refractivity contribution in [3.05, 3.63) is 77.3 Å². The van der Waals surface area contributed by atoms with Crippen LogP contribution < -0.4 is 20.5 Å². The number of ether oxygens (including phenoxy) is 2. The summed E-state index contributed by atoms with van der Waals surface area (Å²) >= 11 is 6.07. The zero-order chi connectivity index (χ0) is 19.9. The smallest absolute Gasteiger partial charge is 0.193 e. The molecule has 6 nitrogen and oxygen atoms in total. The maximum Gasteiger partial charge on any atom is 0.193 e. The molecule has 9 heteroatoms. The summed E-state index contributed by atoms with van der Waals surface area (Å²) in [4.78, 5) is 8.13. The highest BCUT2D eigenvalue weighted by Crippen LogP contribution is 2.27. The third-order valence-corrected chi connectivity index (χ3v) is 4.01. The van der Waals surface area contributed by atoms with Crippen molar-refractivity contribution in [2.24, 2.45) is 10.7 Å². The number of hydrogen-bond acceptors (Lipinski definition) is 4. The highest BCUT2D eigenvalue weighted by molar-refractivity contribution is 14.0. The summed E-state index contributed by atoms with van der Waals surface area (Å²) in [6.45, 7) is 0.201. The number of halogens is 3. The molecule has 0 bridgehead atoms. The number of guanidine groups is 1. The van der Waals surface area contributed by atoms with Crippen molar-refractivity contribution in [2.75, 3.05) is 12.4 Å². The normalized spacial score (nSPS) is 10.8. The lowest BCUT2D eigenvalue weighted by molar-refractivity contribution is 0.415. The summed E-state index contributed by atoms with van der Waals surface area (Å²) in [5.41, 5.74) is 7.20. The zero-order valence-electron chi connectivity index (χ0n) is 15.4. The van der Waals surface area contributed by atoms with E-state index in [2.05, 4.69) is 15.3 Å². The van der Waals surface area contributed by atoms with Crippen LogP contribution in [0.25, 0.3) is 0 Å². The van der Waals surface area contributed by atoms with Crippen LogP contribution in [-0.4, -0.2) is 18.1 Å². The Balaban J connectivity index is 0.00000300. The quantitative estimate of drug-likeness (QED) is 0.260. The van der Waals surface area contributed by atoms with Crippen molar-refractivity contribution < 1.29 is 13.9 Å². The maximum absolute atomic E-state index is 14.3. The topological polar surface area (TPSA) is 81.8 Å².